The Bertz CT molecular complexity index is 207. The maximum atomic E-state index is 11.8. The molecule has 1 aliphatic rings. The standard InChI is InChI=1S/C11H22N2O2/c1-3-15-8-11(14)13-7-5-4-6-10(13)9(2)12/h9-10H,3-8,12H2,1-2H3. The van der Waals surface area contributed by atoms with Crippen molar-refractivity contribution in [3.8, 4) is 0 Å². The first-order valence-corrected chi connectivity index (χ1v) is 5.79. The van der Waals surface area contributed by atoms with Crippen LogP contribution in [0.3, 0.4) is 0 Å². The van der Waals surface area contributed by atoms with Crippen LogP contribution in [-0.2, 0) is 9.53 Å². The highest BCUT2D eigenvalue weighted by Gasteiger charge is 2.28. The molecule has 1 aliphatic heterocycles. The Morgan fingerprint density at radius 2 is 2.33 bits per heavy atom. The molecule has 88 valence electrons. The van der Waals surface area contributed by atoms with Crippen LogP contribution in [0, 0.1) is 0 Å². The molecule has 4 nitrogen and oxygen atoms in total. The second-order valence-electron chi connectivity index (χ2n) is 4.15. The largest absolute Gasteiger partial charge is 0.372 e. The number of hydrogen-bond acceptors (Lipinski definition) is 3. The van der Waals surface area contributed by atoms with E-state index in [0.29, 0.717) is 6.61 Å². The molecule has 2 N–H and O–H groups in total. The highest BCUT2D eigenvalue weighted by atomic mass is 16.5. The predicted molar refractivity (Wildman–Crippen MR) is 59.5 cm³/mol. The van der Waals surface area contributed by atoms with Crippen molar-refractivity contribution in [1.82, 2.24) is 4.90 Å². The van der Waals surface area contributed by atoms with Crippen molar-refractivity contribution in [2.45, 2.75) is 45.2 Å². The molecule has 1 saturated heterocycles. The Labute approximate surface area is 91.8 Å². The van der Waals surface area contributed by atoms with Crippen molar-refractivity contribution in [3.63, 3.8) is 0 Å². The molecule has 0 aromatic heterocycles. The molecular weight excluding hydrogens is 192 g/mol. The molecule has 0 spiro atoms. The average molecular weight is 214 g/mol. The lowest BCUT2D eigenvalue weighted by atomic mass is 9.97. The maximum absolute atomic E-state index is 11.8. The average Bonchev–Trinajstić information content (AvgIpc) is 2.25. The Balaban J connectivity index is 2.51. The van der Waals surface area contributed by atoms with Crippen molar-refractivity contribution in [2.75, 3.05) is 19.8 Å². The third-order valence-corrected chi connectivity index (χ3v) is 2.91. The van der Waals surface area contributed by atoms with Gasteiger partial charge in [-0.3, -0.25) is 4.79 Å². The molecule has 0 aromatic carbocycles. The third kappa shape index (κ3) is 3.47. The summed E-state index contributed by atoms with van der Waals surface area (Å²) in [4.78, 5) is 13.7. The Kier molecular flexibility index (Phi) is 5.05. The SMILES string of the molecule is CCOCC(=O)N1CCCCC1C(C)N. The van der Waals surface area contributed by atoms with Crippen LogP contribution in [0.2, 0.25) is 0 Å². The molecule has 0 saturated carbocycles. The number of piperidine rings is 1. The van der Waals surface area contributed by atoms with Crippen molar-refractivity contribution < 1.29 is 9.53 Å². The summed E-state index contributed by atoms with van der Waals surface area (Å²) < 4.78 is 5.14. The number of rotatable bonds is 4. The Hall–Kier alpha value is -0.610. The first kappa shape index (κ1) is 12.5. The molecule has 0 radical (unpaired) electrons. The van der Waals surface area contributed by atoms with Crippen LogP contribution in [0.4, 0.5) is 0 Å². The zero-order valence-electron chi connectivity index (χ0n) is 9.74. The summed E-state index contributed by atoms with van der Waals surface area (Å²) >= 11 is 0. The fraction of sp³-hybridized carbons (Fsp3) is 0.909. The Morgan fingerprint density at radius 1 is 1.60 bits per heavy atom. The molecule has 2 atom stereocenters. The van der Waals surface area contributed by atoms with Crippen molar-refractivity contribution in [2.24, 2.45) is 5.73 Å². The molecule has 2 unspecified atom stereocenters. The van der Waals surface area contributed by atoms with E-state index in [1.807, 2.05) is 18.7 Å². The van der Waals surface area contributed by atoms with Crippen LogP contribution < -0.4 is 5.73 Å². The van der Waals surface area contributed by atoms with Gasteiger partial charge in [-0.15, -0.1) is 0 Å². The molecule has 1 amide bonds. The summed E-state index contributed by atoms with van der Waals surface area (Å²) in [6, 6.07) is 0.252. The van der Waals surface area contributed by atoms with E-state index in [-0.39, 0.29) is 24.6 Å². The quantitative estimate of drug-likeness (QED) is 0.751. The van der Waals surface area contributed by atoms with E-state index in [4.69, 9.17) is 10.5 Å². The smallest absolute Gasteiger partial charge is 0.248 e. The van der Waals surface area contributed by atoms with Crippen LogP contribution in [0.1, 0.15) is 33.1 Å². The minimum Gasteiger partial charge on any atom is -0.372 e. The molecule has 0 aromatic rings. The zero-order chi connectivity index (χ0) is 11.3. The summed E-state index contributed by atoms with van der Waals surface area (Å²) in [6.45, 7) is 5.48. The van der Waals surface area contributed by atoms with Crippen molar-refractivity contribution in [3.05, 3.63) is 0 Å². The molecule has 1 fully saturated rings. The van der Waals surface area contributed by atoms with Gasteiger partial charge in [-0.1, -0.05) is 0 Å². The lowest BCUT2D eigenvalue weighted by molar-refractivity contribution is -0.140. The van der Waals surface area contributed by atoms with Gasteiger partial charge in [0.25, 0.3) is 0 Å². The van der Waals surface area contributed by atoms with Crippen LogP contribution in [0.5, 0.6) is 0 Å². The number of nitrogens with two attached hydrogens (primary N) is 1. The normalized spacial score (nSPS) is 23.9. The third-order valence-electron chi connectivity index (χ3n) is 2.91. The van der Waals surface area contributed by atoms with Crippen molar-refractivity contribution in [1.29, 1.82) is 0 Å². The van der Waals surface area contributed by atoms with E-state index in [9.17, 15) is 4.79 Å². The second kappa shape index (κ2) is 6.08. The highest BCUT2D eigenvalue weighted by Crippen LogP contribution is 2.19. The fourth-order valence-corrected chi connectivity index (χ4v) is 2.09. The van der Waals surface area contributed by atoms with Gasteiger partial charge in [0.2, 0.25) is 5.91 Å². The van der Waals surface area contributed by atoms with E-state index < -0.39 is 0 Å². The van der Waals surface area contributed by atoms with Gasteiger partial charge < -0.3 is 15.4 Å². The summed E-state index contributed by atoms with van der Waals surface area (Å²) in [5.41, 5.74) is 5.89. The lowest BCUT2D eigenvalue weighted by Crippen LogP contribution is -2.52. The van der Waals surface area contributed by atoms with E-state index in [1.54, 1.807) is 0 Å². The number of amides is 1. The highest BCUT2D eigenvalue weighted by molar-refractivity contribution is 5.78. The van der Waals surface area contributed by atoms with Crippen LogP contribution in [-0.4, -0.2) is 42.6 Å². The molecular formula is C11H22N2O2. The van der Waals surface area contributed by atoms with Gasteiger partial charge in [0.15, 0.2) is 0 Å². The van der Waals surface area contributed by atoms with Crippen LogP contribution >= 0.6 is 0 Å². The summed E-state index contributed by atoms with van der Waals surface area (Å²) in [5, 5.41) is 0. The van der Waals surface area contributed by atoms with Gasteiger partial charge in [-0.25, -0.2) is 0 Å². The molecule has 4 heteroatoms. The monoisotopic (exact) mass is 214 g/mol. The van der Waals surface area contributed by atoms with Crippen LogP contribution in [0.15, 0.2) is 0 Å². The fourth-order valence-electron chi connectivity index (χ4n) is 2.09. The predicted octanol–water partition coefficient (Wildman–Crippen LogP) is 0.751. The summed E-state index contributed by atoms with van der Waals surface area (Å²) in [7, 11) is 0. The molecule has 0 aliphatic carbocycles. The van der Waals surface area contributed by atoms with Crippen molar-refractivity contribution >= 4 is 5.91 Å². The zero-order valence-corrected chi connectivity index (χ0v) is 9.74. The number of ether oxygens (including phenoxy) is 1. The van der Waals surface area contributed by atoms with E-state index in [1.165, 1.54) is 6.42 Å². The molecule has 1 heterocycles. The first-order valence-electron chi connectivity index (χ1n) is 5.79. The maximum Gasteiger partial charge on any atom is 0.248 e. The molecule has 15 heavy (non-hydrogen) atoms. The summed E-state index contributed by atoms with van der Waals surface area (Å²) in [5.74, 6) is 0.0823. The Morgan fingerprint density at radius 3 is 2.93 bits per heavy atom. The van der Waals surface area contributed by atoms with Gasteiger partial charge in [0, 0.05) is 25.2 Å². The number of hydrogen-bond donors (Lipinski definition) is 1. The molecule has 1 rings (SSSR count). The molecule has 0 bridgehead atoms. The van der Waals surface area contributed by atoms with Gasteiger partial charge in [0.05, 0.1) is 0 Å². The number of carbonyl (C=O) groups is 1. The van der Waals surface area contributed by atoms with E-state index >= 15 is 0 Å². The van der Waals surface area contributed by atoms with Gasteiger partial charge >= 0.3 is 0 Å². The summed E-state index contributed by atoms with van der Waals surface area (Å²) in [6.07, 6.45) is 3.28. The lowest BCUT2D eigenvalue weighted by Gasteiger charge is -2.38. The van der Waals surface area contributed by atoms with Crippen LogP contribution in [0.25, 0.3) is 0 Å². The van der Waals surface area contributed by atoms with E-state index in [0.717, 1.165) is 19.4 Å². The number of likely N-dealkylation sites (tertiary alicyclic amines) is 1. The van der Waals surface area contributed by atoms with Gasteiger partial charge in [-0.2, -0.15) is 0 Å². The van der Waals surface area contributed by atoms with Gasteiger partial charge in [0.1, 0.15) is 6.61 Å². The number of nitrogens with zero attached hydrogens (tertiary/aromatic N) is 1. The van der Waals surface area contributed by atoms with E-state index in [2.05, 4.69) is 0 Å². The minimum absolute atomic E-state index is 0.0517. The number of carbonyl (C=O) groups excluding carboxylic acids is 1. The van der Waals surface area contributed by atoms with Gasteiger partial charge in [-0.05, 0) is 33.1 Å². The topological polar surface area (TPSA) is 55.6 Å². The minimum atomic E-state index is 0.0517. The second-order valence-corrected chi connectivity index (χ2v) is 4.15. The first-order chi connectivity index (χ1) is 7.16.